The summed E-state index contributed by atoms with van der Waals surface area (Å²) < 4.78 is 0. The van der Waals surface area contributed by atoms with Crippen molar-refractivity contribution in [1.29, 1.82) is 0 Å². The van der Waals surface area contributed by atoms with Gasteiger partial charge in [-0.1, -0.05) is 19.6 Å². The molecule has 0 aliphatic heterocycles. The van der Waals surface area contributed by atoms with E-state index in [-0.39, 0.29) is 5.91 Å². The summed E-state index contributed by atoms with van der Waals surface area (Å²) in [6.45, 7) is 5.23. The molecule has 0 fully saturated rings. The van der Waals surface area contributed by atoms with E-state index < -0.39 is 0 Å². The summed E-state index contributed by atoms with van der Waals surface area (Å²) in [5, 5.41) is 2.54. The van der Waals surface area contributed by atoms with Crippen molar-refractivity contribution in [3.8, 4) is 0 Å². The molecule has 0 aliphatic rings. The molecule has 4 heteroatoms. The Labute approximate surface area is 71.9 Å². The van der Waals surface area contributed by atoms with Crippen LogP contribution >= 0.6 is 0 Å². The average molecular weight is 167 g/mol. The highest BCUT2D eigenvalue weighted by atomic mass is 16.1. The summed E-state index contributed by atoms with van der Waals surface area (Å²) in [6.07, 6.45) is 4.62. The molecule has 0 unspecified atom stereocenters. The lowest BCUT2D eigenvalue weighted by Crippen LogP contribution is -2.20. The van der Waals surface area contributed by atoms with Gasteiger partial charge in [0.25, 0.3) is 0 Å². The Kier molecular flexibility index (Phi) is 5.34. The van der Waals surface area contributed by atoms with E-state index in [1.165, 1.54) is 6.08 Å². The molecule has 0 bridgehead atoms. The van der Waals surface area contributed by atoms with Gasteiger partial charge < -0.3 is 11.1 Å². The lowest BCUT2D eigenvalue weighted by Gasteiger charge is -2.01. The molecule has 66 valence electrons. The highest BCUT2D eigenvalue weighted by Crippen LogP contribution is 1.91. The third-order valence-corrected chi connectivity index (χ3v) is 1.08. The zero-order valence-corrected chi connectivity index (χ0v) is 7.08. The second-order valence-corrected chi connectivity index (χ2v) is 1.97. The van der Waals surface area contributed by atoms with E-state index in [9.17, 15) is 4.79 Å². The molecule has 1 amide bonds. The van der Waals surface area contributed by atoms with Crippen LogP contribution in [-0.2, 0) is 4.79 Å². The van der Waals surface area contributed by atoms with Gasteiger partial charge in [-0.2, -0.15) is 0 Å². The molecule has 3 N–H and O–H groups in total. The predicted octanol–water partition coefficient (Wildman–Crippen LogP) is 0.527. The Bertz CT molecular complexity index is 218. The molecule has 0 aliphatic carbocycles. The van der Waals surface area contributed by atoms with Gasteiger partial charge in [-0.05, 0) is 6.08 Å². The van der Waals surface area contributed by atoms with Crippen molar-refractivity contribution in [2.45, 2.75) is 13.3 Å². The second kappa shape index (κ2) is 6.15. The monoisotopic (exact) mass is 167 g/mol. The Hall–Kier alpha value is -1.58. The molecule has 12 heavy (non-hydrogen) atoms. The minimum atomic E-state index is -0.103. The van der Waals surface area contributed by atoms with Gasteiger partial charge in [0.05, 0.1) is 6.34 Å². The molecular weight excluding hydrogens is 154 g/mol. The van der Waals surface area contributed by atoms with Crippen molar-refractivity contribution in [3.63, 3.8) is 0 Å². The number of carbonyl (C=O) groups is 1. The van der Waals surface area contributed by atoms with Crippen LogP contribution in [0, 0.1) is 0 Å². The van der Waals surface area contributed by atoms with E-state index in [2.05, 4.69) is 16.9 Å². The summed E-state index contributed by atoms with van der Waals surface area (Å²) in [7, 11) is 0. The lowest BCUT2D eigenvalue weighted by molar-refractivity contribution is -0.120. The molecular formula is C8H13N3O. The average Bonchev–Trinajstić information content (AvgIpc) is 2.05. The zero-order chi connectivity index (χ0) is 9.40. The van der Waals surface area contributed by atoms with Crippen LogP contribution in [0.15, 0.2) is 29.5 Å². The number of nitrogens with zero attached hydrogens (tertiary/aromatic N) is 1. The number of amides is 1. The van der Waals surface area contributed by atoms with E-state index in [0.717, 1.165) is 6.34 Å². The first kappa shape index (κ1) is 10.4. The number of allylic oxidation sites excluding steroid dienone is 2. The number of nitrogens with two attached hydrogens (primary N) is 1. The van der Waals surface area contributed by atoms with E-state index in [1.54, 1.807) is 13.0 Å². The molecule has 0 atom stereocenters. The van der Waals surface area contributed by atoms with Gasteiger partial charge in [-0.25, -0.2) is 4.99 Å². The summed E-state index contributed by atoms with van der Waals surface area (Å²) in [5.74, 6) is 0.299. The van der Waals surface area contributed by atoms with Crippen molar-refractivity contribution >= 4 is 12.2 Å². The van der Waals surface area contributed by atoms with E-state index in [0.29, 0.717) is 12.2 Å². The van der Waals surface area contributed by atoms with E-state index in [4.69, 9.17) is 5.73 Å². The van der Waals surface area contributed by atoms with Crippen molar-refractivity contribution in [2.75, 3.05) is 0 Å². The first-order chi connectivity index (χ1) is 5.74. The minimum absolute atomic E-state index is 0.103. The first-order valence-electron chi connectivity index (χ1n) is 3.61. The predicted molar refractivity (Wildman–Crippen MR) is 49.4 cm³/mol. The molecule has 0 saturated heterocycles. The molecule has 0 heterocycles. The fourth-order valence-corrected chi connectivity index (χ4v) is 0.540. The van der Waals surface area contributed by atoms with Crippen molar-refractivity contribution in [2.24, 2.45) is 10.7 Å². The number of carbonyl (C=O) groups excluding carboxylic acids is 1. The molecule has 0 saturated carbocycles. The zero-order valence-electron chi connectivity index (χ0n) is 7.08. The second-order valence-electron chi connectivity index (χ2n) is 1.97. The summed E-state index contributed by atoms with van der Waals surface area (Å²) >= 11 is 0. The molecule has 4 nitrogen and oxygen atoms in total. The number of rotatable bonds is 4. The van der Waals surface area contributed by atoms with Crippen LogP contribution in [0.3, 0.4) is 0 Å². The van der Waals surface area contributed by atoms with Gasteiger partial charge in [0.15, 0.2) is 0 Å². The Morgan fingerprint density at radius 2 is 2.42 bits per heavy atom. The van der Waals surface area contributed by atoms with Crippen molar-refractivity contribution < 1.29 is 4.79 Å². The number of hydrogen-bond donors (Lipinski definition) is 2. The quantitative estimate of drug-likeness (QED) is 0.364. The maximum absolute atomic E-state index is 10.9. The molecule has 0 radical (unpaired) electrons. The number of aliphatic imine (C=N–C) groups is 1. The third kappa shape index (κ3) is 4.27. The van der Waals surface area contributed by atoms with Crippen molar-refractivity contribution in [3.05, 3.63) is 24.6 Å². The fraction of sp³-hybridized carbons (Fsp3) is 0.250. The van der Waals surface area contributed by atoms with Gasteiger partial charge in [0.2, 0.25) is 5.91 Å². The Morgan fingerprint density at radius 3 is 2.83 bits per heavy atom. The van der Waals surface area contributed by atoms with Crippen LogP contribution in [0.5, 0.6) is 0 Å². The highest BCUT2D eigenvalue weighted by molar-refractivity contribution is 5.77. The Morgan fingerprint density at radius 1 is 1.75 bits per heavy atom. The standard InChI is InChI=1S/C8H13N3O/c1-3-5-7(10-6-9)11-8(12)4-2/h3,5-6H,1,4H2,2H3,(H2,9,10)(H,11,12)/b7-5+. The van der Waals surface area contributed by atoms with Gasteiger partial charge in [0, 0.05) is 6.42 Å². The normalized spacial score (nSPS) is 11.6. The van der Waals surface area contributed by atoms with Gasteiger partial charge >= 0.3 is 0 Å². The van der Waals surface area contributed by atoms with Crippen molar-refractivity contribution in [1.82, 2.24) is 5.32 Å². The van der Waals surface area contributed by atoms with E-state index >= 15 is 0 Å². The number of nitrogens with one attached hydrogen (secondary N) is 1. The summed E-state index contributed by atoms with van der Waals surface area (Å²) in [6, 6.07) is 0. The van der Waals surface area contributed by atoms with Crippen LogP contribution < -0.4 is 11.1 Å². The maximum Gasteiger partial charge on any atom is 0.225 e. The van der Waals surface area contributed by atoms with Crippen LogP contribution in [0.4, 0.5) is 0 Å². The summed E-state index contributed by atoms with van der Waals surface area (Å²) in [5.41, 5.74) is 5.06. The first-order valence-corrected chi connectivity index (χ1v) is 3.61. The van der Waals surface area contributed by atoms with Gasteiger partial charge in [-0.3, -0.25) is 4.79 Å². The van der Waals surface area contributed by atoms with Crippen LogP contribution in [0.2, 0.25) is 0 Å². The smallest absolute Gasteiger partial charge is 0.225 e. The largest absolute Gasteiger partial charge is 0.390 e. The van der Waals surface area contributed by atoms with Crippen LogP contribution in [0.25, 0.3) is 0 Å². The van der Waals surface area contributed by atoms with Crippen LogP contribution in [0.1, 0.15) is 13.3 Å². The van der Waals surface area contributed by atoms with Gasteiger partial charge in [-0.15, -0.1) is 0 Å². The summed E-state index contributed by atoms with van der Waals surface area (Å²) in [4.78, 5) is 14.6. The molecule has 0 spiro atoms. The fourth-order valence-electron chi connectivity index (χ4n) is 0.540. The van der Waals surface area contributed by atoms with E-state index in [1.807, 2.05) is 0 Å². The SMILES string of the molecule is C=C/C=C(\N=CN)NC(=O)CC. The maximum atomic E-state index is 10.9. The highest BCUT2D eigenvalue weighted by Gasteiger charge is 1.97. The molecule has 0 rings (SSSR count). The molecule has 0 aromatic carbocycles. The molecule has 0 aromatic rings. The Balaban J connectivity index is 4.23. The van der Waals surface area contributed by atoms with Crippen LogP contribution in [-0.4, -0.2) is 12.2 Å². The topological polar surface area (TPSA) is 67.5 Å². The van der Waals surface area contributed by atoms with Gasteiger partial charge in [0.1, 0.15) is 5.82 Å². The minimum Gasteiger partial charge on any atom is -0.390 e. The molecule has 0 aromatic heterocycles. The lowest BCUT2D eigenvalue weighted by atomic mass is 10.4. The third-order valence-electron chi connectivity index (χ3n) is 1.08. The number of hydrogen-bond acceptors (Lipinski definition) is 2.